The van der Waals surface area contributed by atoms with E-state index in [1.807, 2.05) is 26.8 Å². The van der Waals surface area contributed by atoms with Crippen molar-refractivity contribution >= 4 is 21.8 Å². The largest absolute Gasteiger partial charge is 0.240 e. The van der Waals surface area contributed by atoms with Crippen LogP contribution >= 0.6 is 0 Å². The van der Waals surface area contributed by atoms with Gasteiger partial charge in [0, 0.05) is 6.54 Å². The van der Waals surface area contributed by atoms with E-state index in [1.165, 1.54) is 6.08 Å². The lowest BCUT2D eigenvalue weighted by Crippen LogP contribution is -2.21. The molecule has 104 valence electrons. The van der Waals surface area contributed by atoms with Crippen LogP contribution in [0.15, 0.2) is 23.2 Å². The summed E-state index contributed by atoms with van der Waals surface area (Å²) in [5.41, 5.74) is 2.10. The van der Waals surface area contributed by atoms with Gasteiger partial charge >= 0.3 is 0 Å². The highest BCUT2D eigenvalue weighted by Gasteiger charge is 2.15. The van der Waals surface area contributed by atoms with Crippen molar-refractivity contribution in [3.63, 3.8) is 0 Å². The first-order chi connectivity index (χ1) is 8.62. The molecule has 0 unspecified atom stereocenters. The minimum Gasteiger partial charge on any atom is -0.213 e. The average molecular weight is 282 g/mol. The van der Waals surface area contributed by atoms with Crippen LogP contribution in [0.1, 0.15) is 31.9 Å². The predicted molar refractivity (Wildman–Crippen MR) is 74.6 cm³/mol. The minimum atomic E-state index is -3.25. The van der Waals surface area contributed by atoms with Gasteiger partial charge < -0.3 is 0 Å². The van der Waals surface area contributed by atoms with Crippen molar-refractivity contribution in [1.82, 2.24) is 4.72 Å². The van der Waals surface area contributed by atoms with E-state index < -0.39 is 10.0 Å². The lowest BCUT2D eigenvalue weighted by Gasteiger charge is -2.20. The summed E-state index contributed by atoms with van der Waals surface area (Å²) >= 11 is 0. The molecular weight excluding hydrogens is 264 g/mol. The predicted octanol–water partition coefficient (Wildman–Crippen LogP) is 2.00. The third-order valence-corrected chi connectivity index (χ3v) is 3.23. The quantitative estimate of drug-likeness (QED) is 0.678. The fraction of sp³-hybridized carbons (Fsp3) is 0.462. The number of aliphatic imine (C=N–C) groups is 1. The standard InChI is InChI=1S/C13H18N2O3S/c1-13(2,3)11-5-10(8-15-19(4,17)18)6-12(7-11)14-9-16/h5-7,15H,8H2,1-4H3. The van der Waals surface area contributed by atoms with Gasteiger partial charge in [0.1, 0.15) is 0 Å². The molecule has 1 N–H and O–H groups in total. The molecule has 0 saturated heterocycles. The van der Waals surface area contributed by atoms with Crippen LogP contribution in [-0.2, 0) is 26.8 Å². The first-order valence-electron chi connectivity index (χ1n) is 5.79. The zero-order valence-corrected chi connectivity index (χ0v) is 12.3. The lowest BCUT2D eigenvalue weighted by atomic mass is 9.86. The highest BCUT2D eigenvalue weighted by atomic mass is 32.2. The molecule has 0 bridgehead atoms. The van der Waals surface area contributed by atoms with E-state index in [0.29, 0.717) is 5.69 Å². The Morgan fingerprint density at radius 2 is 1.89 bits per heavy atom. The second-order valence-electron chi connectivity index (χ2n) is 5.43. The van der Waals surface area contributed by atoms with Gasteiger partial charge in [0.15, 0.2) is 0 Å². The number of hydrogen-bond acceptors (Lipinski definition) is 4. The Labute approximate surface area is 113 Å². The molecule has 0 amide bonds. The average Bonchev–Trinajstić information content (AvgIpc) is 2.24. The molecule has 0 aliphatic rings. The zero-order valence-electron chi connectivity index (χ0n) is 11.5. The molecule has 1 rings (SSSR count). The molecule has 0 spiro atoms. The SMILES string of the molecule is CC(C)(C)c1cc(CNS(C)(=O)=O)cc(N=C=O)c1. The molecule has 0 radical (unpaired) electrons. The molecule has 6 heteroatoms. The maximum absolute atomic E-state index is 11.1. The fourth-order valence-corrected chi connectivity index (χ4v) is 1.97. The summed E-state index contributed by atoms with van der Waals surface area (Å²) in [6.45, 7) is 6.27. The smallest absolute Gasteiger partial charge is 0.213 e. The molecule has 0 heterocycles. The first kappa shape index (κ1) is 15.6. The molecule has 0 fully saturated rings. The highest BCUT2D eigenvalue weighted by Crippen LogP contribution is 2.27. The van der Waals surface area contributed by atoms with Crippen LogP contribution < -0.4 is 4.72 Å². The van der Waals surface area contributed by atoms with Gasteiger partial charge in [-0.2, -0.15) is 4.99 Å². The van der Waals surface area contributed by atoms with Gasteiger partial charge in [0.25, 0.3) is 0 Å². The molecule has 0 aliphatic heterocycles. The molecule has 1 aromatic rings. The second-order valence-corrected chi connectivity index (χ2v) is 7.27. The van der Waals surface area contributed by atoms with Crippen LogP contribution in [0.25, 0.3) is 0 Å². The Morgan fingerprint density at radius 3 is 2.37 bits per heavy atom. The summed E-state index contributed by atoms with van der Waals surface area (Å²) in [5, 5.41) is 0. The number of nitrogens with one attached hydrogen (secondary N) is 1. The number of nitrogens with zero attached hydrogens (tertiary/aromatic N) is 1. The van der Waals surface area contributed by atoms with Gasteiger partial charge in [-0.05, 0) is 28.7 Å². The topological polar surface area (TPSA) is 75.6 Å². The summed E-state index contributed by atoms with van der Waals surface area (Å²) in [5.74, 6) is 0. The van der Waals surface area contributed by atoms with Crippen LogP contribution in [0.5, 0.6) is 0 Å². The summed E-state index contributed by atoms with van der Waals surface area (Å²) < 4.78 is 24.6. The Hall–Kier alpha value is -1.49. The summed E-state index contributed by atoms with van der Waals surface area (Å²) in [6, 6.07) is 5.37. The molecule has 5 nitrogen and oxygen atoms in total. The van der Waals surface area contributed by atoms with Crippen molar-refractivity contribution in [3.8, 4) is 0 Å². The van der Waals surface area contributed by atoms with Gasteiger partial charge in [-0.1, -0.05) is 26.8 Å². The second kappa shape index (κ2) is 5.65. The van der Waals surface area contributed by atoms with Crippen LogP contribution in [-0.4, -0.2) is 20.8 Å². The van der Waals surface area contributed by atoms with Crippen molar-refractivity contribution in [1.29, 1.82) is 0 Å². The van der Waals surface area contributed by atoms with Crippen molar-refractivity contribution in [2.75, 3.05) is 6.26 Å². The van der Waals surface area contributed by atoms with Crippen molar-refractivity contribution in [2.24, 2.45) is 4.99 Å². The minimum absolute atomic E-state index is 0.117. The molecule has 0 saturated carbocycles. The van der Waals surface area contributed by atoms with Crippen molar-refractivity contribution < 1.29 is 13.2 Å². The number of benzene rings is 1. The molecular formula is C13H18N2O3S. The van der Waals surface area contributed by atoms with Gasteiger partial charge in [-0.15, -0.1) is 0 Å². The van der Waals surface area contributed by atoms with Gasteiger partial charge in [-0.25, -0.2) is 17.9 Å². The van der Waals surface area contributed by atoms with E-state index >= 15 is 0 Å². The Balaban J connectivity index is 3.17. The van der Waals surface area contributed by atoms with E-state index in [2.05, 4.69) is 9.71 Å². The number of isocyanates is 1. The number of rotatable bonds is 4. The first-order valence-corrected chi connectivity index (χ1v) is 7.68. The number of hydrogen-bond donors (Lipinski definition) is 1. The number of carbonyl (C=O) groups excluding carboxylic acids is 1. The maximum atomic E-state index is 11.1. The number of sulfonamides is 1. The summed E-state index contributed by atoms with van der Waals surface area (Å²) in [6.07, 6.45) is 2.60. The normalized spacial score (nSPS) is 12.0. The van der Waals surface area contributed by atoms with E-state index in [-0.39, 0.29) is 12.0 Å². The van der Waals surface area contributed by atoms with E-state index in [9.17, 15) is 13.2 Å². The summed E-state index contributed by atoms with van der Waals surface area (Å²) in [4.78, 5) is 14.0. The van der Waals surface area contributed by atoms with Crippen LogP contribution in [0, 0.1) is 0 Å². The van der Waals surface area contributed by atoms with Gasteiger partial charge in [0.2, 0.25) is 16.1 Å². The molecule has 0 aliphatic carbocycles. The van der Waals surface area contributed by atoms with Gasteiger partial charge in [0.05, 0.1) is 11.9 Å². The van der Waals surface area contributed by atoms with E-state index in [1.54, 1.807) is 12.1 Å². The molecule has 19 heavy (non-hydrogen) atoms. The molecule has 0 aromatic heterocycles. The third-order valence-electron chi connectivity index (χ3n) is 2.56. The highest BCUT2D eigenvalue weighted by molar-refractivity contribution is 7.88. The van der Waals surface area contributed by atoms with Crippen LogP contribution in [0.3, 0.4) is 0 Å². The maximum Gasteiger partial charge on any atom is 0.240 e. The summed E-state index contributed by atoms with van der Waals surface area (Å²) in [7, 11) is -3.25. The monoisotopic (exact) mass is 282 g/mol. The van der Waals surface area contributed by atoms with Crippen molar-refractivity contribution in [2.45, 2.75) is 32.7 Å². The van der Waals surface area contributed by atoms with Crippen molar-refractivity contribution in [3.05, 3.63) is 29.3 Å². The van der Waals surface area contributed by atoms with E-state index in [0.717, 1.165) is 17.4 Å². The third kappa shape index (κ3) is 5.34. The lowest BCUT2D eigenvalue weighted by molar-refractivity contribution is 0.565. The Bertz CT molecular complexity index is 609. The Morgan fingerprint density at radius 1 is 1.26 bits per heavy atom. The molecule has 0 atom stereocenters. The van der Waals surface area contributed by atoms with Crippen LogP contribution in [0.2, 0.25) is 0 Å². The fourth-order valence-electron chi connectivity index (χ4n) is 1.54. The van der Waals surface area contributed by atoms with Gasteiger partial charge in [-0.3, -0.25) is 0 Å². The zero-order chi connectivity index (χ0) is 14.7. The molecule has 1 aromatic carbocycles. The Kier molecular flexibility index (Phi) is 4.63. The van der Waals surface area contributed by atoms with E-state index in [4.69, 9.17) is 0 Å². The van der Waals surface area contributed by atoms with Crippen LogP contribution in [0.4, 0.5) is 5.69 Å².